The molecule has 2 N–H and O–H groups in total. The van der Waals surface area contributed by atoms with E-state index in [-0.39, 0.29) is 22.6 Å². The van der Waals surface area contributed by atoms with E-state index in [1.54, 1.807) is 30.3 Å². The molecule has 0 atom stereocenters. The van der Waals surface area contributed by atoms with Gasteiger partial charge in [-0.15, -0.1) is 0 Å². The van der Waals surface area contributed by atoms with E-state index in [1.165, 1.54) is 31.6 Å². The molecule has 0 radical (unpaired) electrons. The number of ether oxygens (including phenoxy) is 2. The fourth-order valence-corrected chi connectivity index (χ4v) is 4.72. The monoisotopic (exact) mass is 571 g/mol. The van der Waals surface area contributed by atoms with Gasteiger partial charge in [0.1, 0.15) is 23.8 Å². The lowest BCUT2D eigenvalue weighted by molar-refractivity contribution is -0.114. The van der Waals surface area contributed by atoms with E-state index in [0.717, 1.165) is 6.26 Å². The Bertz CT molecular complexity index is 1830. The molecule has 0 aromatic carbocycles. The molecule has 1 amide bonds. The predicted octanol–water partition coefficient (Wildman–Crippen LogP) is 4.13. The SMILES string of the molecule is CC(=O)Nc1cc(Nc2cc(-c3cnccc3C#N)cc(S(C)(=O)=O)n2)c(-c2ccc3c(n2)OCC(C)(C)O3)cn1. The molecule has 0 saturated carbocycles. The largest absolute Gasteiger partial charge is 0.479 e. The Morgan fingerprint density at radius 1 is 1.07 bits per heavy atom. The van der Waals surface area contributed by atoms with Crippen molar-refractivity contribution in [3.8, 4) is 40.1 Å². The van der Waals surface area contributed by atoms with Crippen molar-refractivity contribution < 1.29 is 22.7 Å². The van der Waals surface area contributed by atoms with Crippen molar-refractivity contribution in [2.24, 2.45) is 0 Å². The molecule has 0 saturated heterocycles. The second-order valence-electron chi connectivity index (χ2n) is 9.96. The van der Waals surface area contributed by atoms with E-state index in [1.807, 2.05) is 13.8 Å². The lowest BCUT2D eigenvalue weighted by Gasteiger charge is -2.31. The molecule has 1 aliphatic heterocycles. The third kappa shape index (κ3) is 6.07. The zero-order chi connectivity index (χ0) is 29.4. The van der Waals surface area contributed by atoms with Gasteiger partial charge in [-0.25, -0.2) is 23.4 Å². The maximum atomic E-state index is 12.6. The fraction of sp³-hybridized carbons (Fsp3) is 0.214. The Balaban J connectivity index is 1.63. The smallest absolute Gasteiger partial charge is 0.257 e. The van der Waals surface area contributed by atoms with Crippen LogP contribution in [0.2, 0.25) is 0 Å². The summed E-state index contributed by atoms with van der Waals surface area (Å²) in [6.45, 7) is 5.49. The van der Waals surface area contributed by atoms with Crippen LogP contribution in [0.4, 0.5) is 17.3 Å². The number of hydrogen-bond donors (Lipinski definition) is 2. The Labute approximate surface area is 236 Å². The number of anilines is 3. The van der Waals surface area contributed by atoms with Crippen LogP contribution in [0.1, 0.15) is 26.3 Å². The van der Waals surface area contributed by atoms with Crippen molar-refractivity contribution >= 4 is 33.1 Å². The quantitative estimate of drug-likeness (QED) is 0.341. The average Bonchev–Trinajstić information content (AvgIpc) is 2.91. The highest BCUT2D eigenvalue weighted by atomic mass is 32.2. The lowest BCUT2D eigenvalue weighted by atomic mass is 10.0. The minimum atomic E-state index is -3.74. The summed E-state index contributed by atoms with van der Waals surface area (Å²) in [6, 6.07) is 11.7. The Kier molecular flexibility index (Phi) is 7.02. The lowest BCUT2D eigenvalue weighted by Crippen LogP contribution is -2.39. The summed E-state index contributed by atoms with van der Waals surface area (Å²) in [5.74, 6) is 0.909. The van der Waals surface area contributed by atoms with Gasteiger partial charge in [0.15, 0.2) is 20.6 Å². The summed E-state index contributed by atoms with van der Waals surface area (Å²) < 4.78 is 36.9. The predicted molar refractivity (Wildman–Crippen MR) is 151 cm³/mol. The highest BCUT2D eigenvalue weighted by Crippen LogP contribution is 2.38. The molecule has 0 aliphatic carbocycles. The number of aromatic nitrogens is 4. The molecule has 0 bridgehead atoms. The van der Waals surface area contributed by atoms with E-state index in [2.05, 4.69) is 36.6 Å². The van der Waals surface area contributed by atoms with Gasteiger partial charge < -0.3 is 20.1 Å². The standard InChI is InChI=1S/C28H25N7O5S/c1-16(36)32-24-11-22(20(14-31-24)21-5-6-23-27(34-21)39-15-28(2,3)40-23)33-25-9-18(10-26(35-25)41(4,37)38)19-13-30-8-7-17(19)12-29/h5-11,13-14H,15H2,1-4H3,(H2,31,32,33,35,36). The summed E-state index contributed by atoms with van der Waals surface area (Å²) in [4.78, 5) is 29.1. The van der Waals surface area contributed by atoms with Gasteiger partial charge in [-0.3, -0.25) is 9.78 Å². The van der Waals surface area contributed by atoms with Crippen LogP contribution in [-0.4, -0.2) is 52.7 Å². The Hall–Kier alpha value is -5.09. The van der Waals surface area contributed by atoms with Gasteiger partial charge in [-0.2, -0.15) is 5.26 Å². The molecule has 41 heavy (non-hydrogen) atoms. The molecule has 0 spiro atoms. The Morgan fingerprint density at radius 3 is 2.61 bits per heavy atom. The number of rotatable bonds is 6. The molecule has 13 heteroatoms. The number of nitrogens with one attached hydrogen (secondary N) is 2. The van der Waals surface area contributed by atoms with E-state index in [4.69, 9.17) is 9.47 Å². The Morgan fingerprint density at radius 2 is 1.88 bits per heavy atom. The second kappa shape index (κ2) is 10.5. The number of carbonyl (C=O) groups is 1. The van der Waals surface area contributed by atoms with Gasteiger partial charge in [0.2, 0.25) is 5.91 Å². The number of amides is 1. The first kappa shape index (κ1) is 27.5. The van der Waals surface area contributed by atoms with Crippen LogP contribution >= 0.6 is 0 Å². The van der Waals surface area contributed by atoms with E-state index in [9.17, 15) is 18.5 Å². The zero-order valence-electron chi connectivity index (χ0n) is 22.6. The zero-order valence-corrected chi connectivity index (χ0v) is 23.4. The maximum absolute atomic E-state index is 12.6. The van der Waals surface area contributed by atoms with Crippen molar-refractivity contribution in [2.45, 2.75) is 31.4 Å². The molecule has 4 aromatic rings. The van der Waals surface area contributed by atoms with Gasteiger partial charge in [0, 0.05) is 49.0 Å². The molecule has 208 valence electrons. The number of fused-ring (bicyclic) bond motifs is 1. The topological polar surface area (TPSA) is 169 Å². The van der Waals surface area contributed by atoms with Crippen molar-refractivity contribution in [3.05, 3.63) is 60.6 Å². The molecule has 0 fully saturated rings. The van der Waals surface area contributed by atoms with Crippen molar-refractivity contribution in [1.82, 2.24) is 19.9 Å². The molecule has 1 aliphatic rings. The third-order valence-corrected chi connectivity index (χ3v) is 6.92. The highest BCUT2D eigenvalue weighted by molar-refractivity contribution is 7.90. The van der Waals surface area contributed by atoms with Crippen LogP contribution < -0.4 is 20.1 Å². The first-order valence-electron chi connectivity index (χ1n) is 12.4. The van der Waals surface area contributed by atoms with Crippen LogP contribution in [0.5, 0.6) is 11.6 Å². The minimum Gasteiger partial charge on any atom is -0.479 e. The number of nitriles is 1. The number of pyridine rings is 4. The molecular weight excluding hydrogens is 546 g/mol. The number of nitrogens with zero attached hydrogens (tertiary/aromatic N) is 5. The average molecular weight is 572 g/mol. The second-order valence-corrected chi connectivity index (χ2v) is 11.9. The van der Waals surface area contributed by atoms with Gasteiger partial charge in [0.25, 0.3) is 5.88 Å². The van der Waals surface area contributed by atoms with E-state index < -0.39 is 15.4 Å². The fourth-order valence-electron chi connectivity index (χ4n) is 4.11. The summed E-state index contributed by atoms with van der Waals surface area (Å²) >= 11 is 0. The number of carbonyl (C=O) groups excluding carboxylic acids is 1. The van der Waals surface area contributed by atoms with Crippen LogP contribution in [0, 0.1) is 11.3 Å². The van der Waals surface area contributed by atoms with Gasteiger partial charge in [-0.05, 0) is 49.7 Å². The maximum Gasteiger partial charge on any atom is 0.257 e. The number of hydrogen-bond acceptors (Lipinski definition) is 11. The van der Waals surface area contributed by atoms with Gasteiger partial charge >= 0.3 is 0 Å². The van der Waals surface area contributed by atoms with Gasteiger partial charge in [0.05, 0.1) is 23.0 Å². The van der Waals surface area contributed by atoms with E-state index in [0.29, 0.717) is 51.9 Å². The van der Waals surface area contributed by atoms with Gasteiger partial charge in [-0.1, -0.05) is 0 Å². The molecule has 5 rings (SSSR count). The van der Waals surface area contributed by atoms with Crippen molar-refractivity contribution in [1.29, 1.82) is 5.26 Å². The first-order valence-corrected chi connectivity index (χ1v) is 14.3. The normalized spacial score (nSPS) is 13.6. The molecule has 4 aromatic heterocycles. The summed E-state index contributed by atoms with van der Waals surface area (Å²) in [6.07, 6.45) is 5.53. The number of sulfone groups is 1. The minimum absolute atomic E-state index is 0.163. The molecular formula is C28H25N7O5S. The summed E-state index contributed by atoms with van der Waals surface area (Å²) in [5.41, 5.74) is 2.10. The highest BCUT2D eigenvalue weighted by Gasteiger charge is 2.29. The third-order valence-electron chi connectivity index (χ3n) is 5.95. The van der Waals surface area contributed by atoms with Crippen LogP contribution in [0.15, 0.2) is 60.0 Å². The molecule has 0 unspecified atom stereocenters. The summed E-state index contributed by atoms with van der Waals surface area (Å²) in [5, 5.41) is 15.2. The molecule has 5 heterocycles. The van der Waals surface area contributed by atoms with Crippen LogP contribution in [-0.2, 0) is 14.6 Å². The van der Waals surface area contributed by atoms with Crippen molar-refractivity contribution in [2.75, 3.05) is 23.5 Å². The van der Waals surface area contributed by atoms with Crippen LogP contribution in [0.25, 0.3) is 22.4 Å². The van der Waals surface area contributed by atoms with E-state index >= 15 is 0 Å². The van der Waals surface area contributed by atoms with Crippen LogP contribution in [0.3, 0.4) is 0 Å². The molecule has 12 nitrogen and oxygen atoms in total. The summed E-state index contributed by atoms with van der Waals surface area (Å²) in [7, 11) is -3.74. The van der Waals surface area contributed by atoms with Crippen molar-refractivity contribution in [3.63, 3.8) is 0 Å². The first-order chi connectivity index (χ1) is 19.4.